The molecule has 0 aliphatic heterocycles. The monoisotopic (exact) mass is 400 g/mol. The number of aromatic nitrogens is 2. The molecule has 0 aliphatic rings. The minimum atomic E-state index is -4.54. The first-order valence-corrected chi connectivity index (χ1v) is 8.92. The fourth-order valence-corrected chi connectivity index (χ4v) is 3.51. The van der Waals surface area contributed by atoms with Gasteiger partial charge in [-0.05, 0) is 35.7 Å². The van der Waals surface area contributed by atoms with E-state index in [-0.39, 0.29) is 10.9 Å². The van der Waals surface area contributed by atoms with E-state index >= 15 is 0 Å². The van der Waals surface area contributed by atoms with Gasteiger partial charge >= 0.3 is 11.8 Å². The zero-order chi connectivity index (χ0) is 18.9. The van der Waals surface area contributed by atoms with Crippen molar-refractivity contribution in [2.75, 3.05) is 0 Å². The van der Waals surface area contributed by atoms with Crippen molar-refractivity contribution in [2.24, 2.45) is 0 Å². The number of fused-ring (bicyclic) bond motifs is 1. The lowest BCUT2D eigenvalue weighted by Gasteiger charge is -2.09. The van der Waals surface area contributed by atoms with Gasteiger partial charge in [0.1, 0.15) is 11.3 Å². The maximum absolute atomic E-state index is 12.7. The summed E-state index contributed by atoms with van der Waals surface area (Å²) in [5, 5.41) is 1.14. The van der Waals surface area contributed by atoms with Crippen molar-refractivity contribution in [2.45, 2.75) is 30.4 Å². The second kappa shape index (κ2) is 7.28. The fraction of sp³-hybridized carbons (Fsp3) is 0.235. The molecule has 0 saturated heterocycles. The average Bonchev–Trinajstić information content (AvgIpc) is 2.59. The Hall–Kier alpha value is -2.06. The molecule has 0 saturated carbocycles. The molecule has 0 unspecified atom stereocenters. The zero-order valence-corrected chi connectivity index (χ0v) is 15.0. The van der Waals surface area contributed by atoms with Crippen LogP contribution in [0.4, 0.5) is 13.2 Å². The van der Waals surface area contributed by atoms with E-state index < -0.39 is 17.5 Å². The topological polar surface area (TPSA) is 56.0 Å². The van der Waals surface area contributed by atoms with Crippen LogP contribution in [0.25, 0.3) is 11.0 Å². The van der Waals surface area contributed by atoms with Gasteiger partial charge < -0.3 is 4.42 Å². The first-order chi connectivity index (χ1) is 12.3. The standard InChI is InChI=1S/C17H12ClF3N2O2S/c1-2-9-5-13-11(7-12(9)18)10(6-15(24)25-13)8-26-16-22-4-3-14(23-16)17(19,20)21/h3-7H,2,8H2,1H3. The van der Waals surface area contributed by atoms with Crippen LogP contribution < -0.4 is 5.63 Å². The number of alkyl halides is 3. The summed E-state index contributed by atoms with van der Waals surface area (Å²) in [7, 11) is 0. The Labute approximate surface area is 155 Å². The first kappa shape index (κ1) is 18.7. The molecule has 2 heterocycles. The summed E-state index contributed by atoms with van der Waals surface area (Å²) in [6.45, 7) is 1.93. The Morgan fingerprint density at radius 3 is 2.69 bits per heavy atom. The van der Waals surface area contributed by atoms with E-state index in [1.807, 2.05) is 6.92 Å². The van der Waals surface area contributed by atoms with Crippen LogP contribution in [0.15, 0.2) is 44.8 Å². The van der Waals surface area contributed by atoms with E-state index in [0.29, 0.717) is 28.0 Å². The molecular formula is C17H12ClF3N2O2S. The third kappa shape index (κ3) is 4.02. The molecule has 136 valence electrons. The third-order valence-corrected chi connectivity index (χ3v) is 4.92. The van der Waals surface area contributed by atoms with Gasteiger partial charge in [0.25, 0.3) is 0 Å². The Morgan fingerprint density at radius 1 is 1.23 bits per heavy atom. The molecule has 0 fully saturated rings. The van der Waals surface area contributed by atoms with Gasteiger partial charge in [-0.15, -0.1) is 0 Å². The van der Waals surface area contributed by atoms with Crippen molar-refractivity contribution in [3.05, 3.63) is 62.7 Å². The molecule has 0 spiro atoms. The minimum Gasteiger partial charge on any atom is -0.423 e. The summed E-state index contributed by atoms with van der Waals surface area (Å²) < 4.78 is 43.4. The normalized spacial score (nSPS) is 11.9. The Morgan fingerprint density at radius 2 is 2.00 bits per heavy atom. The molecule has 3 aromatic rings. The van der Waals surface area contributed by atoms with Gasteiger partial charge in [0, 0.05) is 28.4 Å². The first-order valence-electron chi connectivity index (χ1n) is 7.56. The molecule has 4 nitrogen and oxygen atoms in total. The Kier molecular flexibility index (Phi) is 5.24. The Balaban J connectivity index is 1.94. The molecule has 0 radical (unpaired) electrons. The number of benzene rings is 1. The largest absolute Gasteiger partial charge is 0.433 e. The quantitative estimate of drug-likeness (QED) is 0.346. The molecule has 26 heavy (non-hydrogen) atoms. The molecule has 0 aliphatic carbocycles. The number of hydrogen-bond donors (Lipinski definition) is 0. The molecule has 0 atom stereocenters. The van der Waals surface area contributed by atoms with Crippen molar-refractivity contribution < 1.29 is 17.6 Å². The second-order valence-corrected chi connectivity index (χ2v) is 6.74. The van der Waals surface area contributed by atoms with E-state index in [1.54, 1.807) is 12.1 Å². The van der Waals surface area contributed by atoms with Crippen molar-refractivity contribution in [1.29, 1.82) is 0 Å². The lowest BCUT2D eigenvalue weighted by atomic mass is 10.1. The summed E-state index contributed by atoms with van der Waals surface area (Å²) in [6.07, 6.45) is -2.81. The summed E-state index contributed by atoms with van der Waals surface area (Å²) in [6, 6.07) is 5.50. The minimum absolute atomic E-state index is 0.0301. The molecule has 0 N–H and O–H groups in total. The van der Waals surface area contributed by atoms with Crippen LogP contribution >= 0.6 is 23.4 Å². The number of hydrogen-bond acceptors (Lipinski definition) is 5. The summed E-state index contributed by atoms with van der Waals surface area (Å²) in [4.78, 5) is 19.1. The van der Waals surface area contributed by atoms with E-state index in [2.05, 4.69) is 9.97 Å². The van der Waals surface area contributed by atoms with Crippen LogP contribution in [-0.2, 0) is 18.3 Å². The smallest absolute Gasteiger partial charge is 0.423 e. The van der Waals surface area contributed by atoms with Crippen molar-refractivity contribution in [1.82, 2.24) is 9.97 Å². The van der Waals surface area contributed by atoms with Crippen LogP contribution in [0.5, 0.6) is 0 Å². The maximum Gasteiger partial charge on any atom is 0.433 e. The summed E-state index contributed by atoms with van der Waals surface area (Å²) in [5.41, 5.74) is 0.268. The summed E-state index contributed by atoms with van der Waals surface area (Å²) in [5.74, 6) is 0.200. The highest BCUT2D eigenvalue weighted by atomic mass is 35.5. The number of halogens is 4. The average molecular weight is 401 g/mol. The van der Waals surface area contributed by atoms with Gasteiger partial charge in [-0.3, -0.25) is 0 Å². The van der Waals surface area contributed by atoms with E-state index in [4.69, 9.17) is 16.0 Å². The van der Waals surface area contributed by atoms with Gasteiger partial charge in [-0.2, -0.15) is 13.2 Å². The fourth-order valence-electron chi connectivity index (χ4n) is 2.39. The predicted molar refractivity (Wildman–Crippen MR) is 93.5 cm³/mol. The van der Waals surface area contributed by atoms with Gasteiger partial charge in [0.2, 0.25) is 0 Å². The molecule has 2 aromatic heterocycles. The molecular weight excluding hydrogens is 389 g/mol. The van der Waals surface area contributed by atoms with Gasteiger partial charge in [-0.25, -0.2) is 14.8 Å². The van der Waals surface area contributed by atoms with Crippen LogP contribution in [0.1, 0.15) is 23.7 Å². The van der Waals surface area contributed by atoms with Crippen molar-refractivity contribution in [3.8, 4) is 0 Å². The van der Waals surface area contributed by atoms with Crippen LogP contribution in [-0.4, -0.2) is 9.97 Å². The summed E-state index contributed by atoms with van der Waals surface area (Å²) >= 11 is 7.22. The molecule has 9 heteroatoms. The van der Waals surface area contributed by atoms with Gasteiger partial charge in [-0.1, -0.05) is 30.3 Å². The highest BCUT2D eigenvalue weighted by Gasteiger charge is 2.32. The highest BCUT2D eigenvalue weighted by Crippen LogP contribution is 2.31. The predicted octanol–water partition coefficient (Wildman–Crippen LogP) is 5.11. The number of nitrogens with zero attached hydrogens (tertiary/aromatic N) is 2. The molecule has 3 rings (SSSR count). The third-order valence-electron chi connectivity index (χ3n) is 3.66. The lowest BCUT2D eigenvalue weighted by Crippen LogP contribution is -2.08. The zero-order valence-electron chi connectivity index (χ0n) is 13.4. The van der Waals surface area contributed by atoms with Gasteiger partial charge in [0.05, 0.1) is 0 Å². The Bertz CT molecular complexity index is 1020. The van der Waals surface area contributed by atoms with Crippen LogP contribution in [0.2, 0.25) is 5.02 Å². The SMILES string of the molecule is CCc1cc2oc(=O)cc(CSc3nccc(C(F)(F)F)n3)c2cc1Cl. The van der Waals surface area contributed by atoms with Crippen molar-refractivity contribution >= 4 is 34.3 Å². The van der Waals surface area contributed by atoms with E-state index in [1.165, 1.54) is 6.07 Å². The van der Waals surface area contributed by atoms with Gasteiger partial charge in [0.15, 0.2) is 5.16 Å². The number of aryl methyl sites for hydroxylation is 1. The van der Waals surface area contributed by atoms with E-state index in [0.717, 1.165) is 29.6 Å². The lowest BCUT2D eigenvalue weighted by molar-refractivity contribution is -0.141. The maximum atomic E-state index is 12.7. The number of rotatable bonds is 4. The second-order valence-electron chi connectivity index (χ2n) is 5.39. The van der Waals surface area contributed by atoms with Crippen molar-refractivity contribution in [3.63, 3.8) is 0 Å². The highest BCUT2D eigenvalue weighted by molar-refractivity contribution is 7.98. The molecule has 1 aromatic carbocycles. The molecule has 0 amide bonds. The van der Waals surface area contributed by atoms with Crippen LogP contribution in [0.3, 0.4) is 0 Å². The van der Waals surface area contributed by atoms with E-state index in [9.17, 15) is 18.0 Å². The van der Waals surface area contributed by atoms with Crippen LogP contribution in [0, 0.1) is 0 Å². The molecule has 0 bridgehead atoms. The number of thioether (sulfide) groups is 1.